The van der Waals surface area contributed by atoms with Crippen molar-refractivity contribution in [3.8, 4) is 22.9 Å². The van der Waals surface area contributed by atoms with Crippen LogP contribution in [-0.4, -0.2) is 36.1 Å². The van der Waals surface area contributed by atoms with Crippen LogP contribution in [0.4, 0.5) is 26.3 Å². The molecular formula is C29H23F6NO6. The number of hydrogen-bond donors (Lipinski definition) is 0. The minimum atomic E-state index is -4.91. The molecule has 0 spiro atoms. The van der Waals surface area contributed by atoms with Gasteiger partial charge in [0.1, 0.15) is 17.2 Å². The van der Waals surface area contributed by atoms with Gasteiger partial charge in [-0.05, 0) is 80.6 Å². The van der Waals surface area contributed by atoms with E-state index in [1.807, 2.05) is 0 Å². The van der Waals surface area contributed by atoms with Gasteiger partial charge in [-0.3, -0.25) is 4.79 Å². The molecule has 0 bridgehead atoms. The van der Waals surface area contributed by atoms with Crippen LogP contribution in [0.5, 0.6) is 17.2 Å². The molecule has 222 valence electrons. The smallest absolute Gasteiger partial charge is 0.466 e. The SMILES string of the molecule is CCOC(=O)Cc1c(C(=O)OCC)c2cc(Oc3ccc(C(F)(F)F)cc3)ccc2n1-c1ccc(OC(F)(F)F)cc1. The number of ether oxygens (including phenoxy) is 4. The van der Waals surface area contributed by atoms with E-state index in [4.69, 9.17) is 14.2 Å². The summed E-state index contributed by atoms with van der Waals surface area (Å²) in [5.41, 5.74) is -0.0870. The van der Waals surface area contributed by atoms with Crippen molar-refractivity contribution in [3.63, 3.8) is 0 Å². The van der Waals surface area contributed by atoms with E-state index in [0.29, 0.717) is 11.2 Å². The highest BCUT2D eigenvalue weighted by Gasteiger charge is 2.32. The van der Waals surface area contributed by atoms with Crippen LogP contribution < -0.4 is 9.47 Å². The van der Waals surface area contributed by atoms with Crippen molar-refractivity contribution in [2.24, 2.45) is 0 Å². The lowest BCUT2D eigenvalue weighted by atomic mass is 10.1. The Kier molecular flexibility index (Phi) is 8.69. The first-order valence-electron chi connectivity index (χ1n) is 12.5. The van der Waals surface area contributed by atoms with Gasteiger partial charge < -0.3 is 23.5 Å². The van der Waals surface area contributed by atoms with E-state index in [-0.39, 0.29) is 41.4 Å². The Morgan fingerprint density at radius 3 is 1.93 bits per heavy atom. The van der Waals surface area contributed by atoms with Crippen molar-refractivity contribution in [3.05, 3.63) is 83.6 Å². The van der Waals surface area contributed by atoms with Gasteiger partial charge in [0, 0.05) is 16.8 Å². The fourth-order valence-corrected chi connectivity index (χ4v) is 4.27. The van der Waals surface area contributed by atoms with Crippen LogP contribution >= 0.6 is 0 Å². The number of esters is 2. The third kappa shape index (κ3) is 6.96. The summed E-state index contributed by atoms with van der Waals surface area (Å²) < 4.78 is 98.4. The van der Waals surface area contributed by atoms with Crippen LogP contribution in [0.1, 0.15) is 35.5 Å². The first-order chi connectivity index (χ1) is 19.8. The molecule has 1 aromatic heterocycles. The molecule has 0 unspecified atom stereocenters. The molecule has 0 aliphatic carbocycles. The van der Waals surface area contributed by atoms with Gasteiger partial charge in [0.2, 0.25) is 0 Å². The number of nitrogens with zero attached hydrogens (tertiary/aromatic N) is 1. The first-order valence-corrected chi connectivity index (χ1v) is 12.5. The Morgan fingerprint density at radius 2 is 1.36 bits per heavy atom. The normalized spacial score (nSPS) is 11.8. The maximum atomic E-state index is 13.2. The molecule has 0 atom stereocenters. The Morgan fingerprint density at radius 1 is 0.762 bits per heavy atom. The van der Waals surface area contributed by atoms with Gasteiger partial charge in [-0.15, -0.1) is 13.2 Å². The number of hydrogen-bond acceptors (Lipinski definition) is 6. The van der Waals surface area contributed by atoms with Crippen molar-refractivity contribution in [2.75, 3.05) is 13.2 Å². The number of benzene rings is 3. The van der Waals surface area contributed by atoms with E-state index in [0.717, 1.165) is 36.4 Å². The zero-order valence-electron chi connectivity index (χ0n) is 22.1. The van der Waals surface area contributed by atoms with Gasteiger partial charge in [0.25, 0.3) is 0 Å². The minimum absolute atomic E-state index is 0.00439. The quantitative estimate of drug-likeness (QED) is 0.146. The van der Waals surface area contributed by atoms with Gasteiger partial charge in [0.05, 0.1) is 36.3 Å². The number of alkyl halides is 6. The van der Waals surface area contributed by atoms with Crippen LogP contribution in [0.2, 0.25) is 0 Å². The number of rotatable bonds is 9. The number of aromatic nitrogens is 1. The van der Waals surface area contributed by atoms with Gasteiger partial charge in [-0.2, -0.15) is 13.2 Å². The summed E-state index contributed by atoms with van der Waals surface area (Å²) in [6.07, 6.45) is -9.83. The van der Waals surface area contributed by atoms with Gasteiger partial charge in [-0.25, -0.2) is 4.79 Å². The summed E-state index contributed by atoms with van der Waals surface area (Å²) in [4.78, 5) is 25.8. The second kappa shape index (κ2) is 12.0. The summed E-state index contributed by atoms with van der Waals surface area (Å²) in [5.74, 6) is -1.70. The standard InChI is InChI=1S/C29H23F6NO6/c1-3-39-25(37)16-24-26(27(38)40-4-2)22-15-21(41-19-9-5-17(6-10-19)28(30,31)32)13-14-23(22)36(24)18-7-11-20(12-8-18)42-29(33,34)35/h5-15H,3-4,16H2,1-2H3. The molecule has 0 N–H and O–H groups in total. The van der Waals surface area contributed by atoms with Crippen molar-refractivity contribution in [2.45, 2.75) is 32.8 Å². The minimum Gasteiger partial charge on any atom is -0.466 e. The van der Waals surface area contributed by atoms with Crippen molar-refractivity contribution in [1.29, 1.82) is 0 Å². The summed E-state index contributed by atoms with van der Waals surface area (Å²) >= 11 is 0. The largest absolute Gasteiger partial charge is 0.573 e. The van der Waals surface area contributed by atoms with Gasteiger partial charge in [-0.1, -0.05) is 0 Å². The topological polar surface area (TPSA) is 76.0 Å². The van der Waals surface area contributed by atoms with E-state index < -0.39 is 42.2 Å². The number of halogens is 6. The van der Waals surface area contributed by atoms with Crippen LogP contribution in [0, 0.1) is 0 Å². The molecule has 0 aliphatic rings. The highest BCUT2D eigenvalue weighted by molar-refractivity contribution is 6.07. The molecule has 0 fully saturated rings. The average molecular weight is 595 g/mol. The summed E-state index contributed by atoms with van der Waals surface area (Å²) in [7, 11) is 0. The third-order valence-electron chi connectivity index (χ3n) is 5.88. The van der Waals surface area contributed by atoms with Gasteiger partial charge in [0.15, 0.2) is 0 Å². The second-order valence-corrected chi connectivity index (χ2v) is 8.70. The van der Waals surface area contributed by atoms with E-state index in [9.17, 15) is 35.9 Å². The third-order valence-corrected chi connectivity index (χ3v) is 5.88. The number of fused-ring (bicyclic) bond motifs is 1. The molecular weight excluding hydrogens is 572 g/mol. The predicted molar refractivity (Wildman–Crippen MR) is 138 cm³/mol. The molecule has 7 nitrogen and oxygen atoms in total. The molecule has 0 radical (unpaired) electrons. The Hall–Kier alpha value is -4.68. The highest BCUT2D eigenvalue weighted by Crippen LogP contribution is 2.36. The average Bonchev–Trinajstić information content (AvgIpc) is 3.21. The Labute approximate surface area is 235 Å². The molecule has 0 amide bonds. The molecule has 42 heavy (non-hydrogen) atoms. The van der Waals surface area contributed by atoms with Crippen LogP contribution in [0.25, 0.3) is 16.6 Å². The Balaban J connectivity index is 1.86. The van der Waals surface area contributed by atoms with Crippen molar-refractivity contribution >= 4 is 22.8 Å². The monoisotopic (exact) mass is 595 g/mol. The molecule has 1 heterocycles. The lowest BCUT2D eigenvalue weighted by molar-refractivity contribution is -0.274. The molecule has 13 heteroatoms. The second-order valence-electron chi connectivity index (χ2n) is 8.70. The zero-order chi connectivity index (χ0) is 30.7. The molecule has 4 aromatic rings. The van der Waals surface area contributed by atoms with Gasteiger partial charge >= 0.3 is 24.5 Å². The Bertz CT molecular complexity index is 1570. The first kappa shape index (κ1) is 30.3. The van der Waals surface area contributed by atoms with E-state index in [1.165, 1.54) is 34.9 Å². The van der Waals surface area contributed by atoms with Crippen molar-refractivity contribution in [1.82, 2.24) is 4.57 Å². The van der Waals surface area contributed by atoms with E-state index in [1.54, 1.807) is 13.8 Å². The van der Waals surface area contributed by atoms with Crippen LogP contribution in [-0.2, 0) is 26.9 Å². The lowest BCUT2D eigenvalue weighted by Crippen LogP contribution is -2.17. The summed E-state index contributed by atoms with van der Waals surface area (Å²) in [5, 5.41) is 0.257. The van der Waals surface area contributed by atoms with Crippen LogP contribution in [0.3, 0.4) is 0 Å². The van der Waals surface area contributed by atoms with Crippen molar-refractivity contribution < 1.29 is 54.9 Å². The molecule has 0 aliphatic heterocycles. The molecule has 0 saturated heterocycles. The summed E-state index contributed by atoms with van der Waals surface area (Å²) in [6, 6.07) is 13.3. The van der Waals surface area contributed by atoms with E-state index >= 15 is 0 Å². The number of carbonyl (C=O) groups is 2. The highest BCUT2D eigenvalue weighted by atomic mass is 19.4. The predicted octanol–water partition coefficient (Wildman–Crippen LogP) is 7.62. The molecule has 0 saturated carbocycles. The van der Waals surface area contributed by atoms with Crippen LogP contribution in [0.15, 0.2) is 66.7 Å². The molecule has 4 rings (SSSR count). The lowest BCUT2D eigenvalue weighted by Gasteiger charge is -2.14. The maximum Gasteiger partial charge on any atom is 0.573 e. The molecule has 3 aromatic carbocycles. The van der Waals surface area contributed by atoms with E-state index in [2.05, 4.69) is 4.74 Å². The maximum absolute atomic E-state index is 13.2. The number of carbonyl (C=O) groups excluding carboxylic acids is 2. The summed E-state index contributed by atoms with van der Waals surface area (Å²) in [6.45, 7) is 3.24. The zero-order valence-corrected chi connectivity index (χ0v) is 22.1. The fraction of sp³-hybridized carbons (Fsp3) is 0.241. The fourth-order valence-electron chi connectivity index (χ4n) is 4.27.